The molecule has 2 N–H and O–H groups in total. The van der Waals surface area contributed by atoms with Crippen molar-refractivity contribution < 1.29 is 38.1 Å². The lowest BCUT2D eigenvalue weighted by Crippen LogP contribution is -2.25. The Kier molecular flexibility index (Phi) is 5.20. The van der Waals surface area contributed by atoms with Gasteiger partial charge < -0.3 is 29.6 Å². The number of ether oxygens (including phenoxy) is 4. The summed E-state index contributed by atoms with van der Waals surface area (Å²) in [6.45, 7) is 0.212. The number of esters is 2. The van der Waals surface area contributed by atoms with E-state index in [2.05, 4.69) is 10.6 Å². The maximum Gasteiger partial charge on any atom is 0.407 e. The van der Waals surface area contributed by atoms with Crippen molar-refractivity contribution in [1.29, 1.82) is 0 Å². The topological polar surface area (TPSA) is 129 Å². The van der Waals surface area contributed by atoms with Gasteiger partial charge in [-0.15, -0.1) is 0 Å². The molecule has 2 atom stereocenters. The van der Waals surface area contributed by atoms with Gasteiger partial charge in [0.25, 0.3) is 0 Å². The van der Waals surface area contributed by atoms with Crippen molar-refractivity contribution in [1.82, 2.24) is 10.6 Å². The summed E-state index contributed by atoms with van der Waals surface area (Å²) < 4.78 is 19.9. The Hall–Kier alpha value is -3.30. The van der Waals surface area contributed by atoms with Crippen LogP contribution in [-0.2, 0) is 18.9 Å². The average Bonchev–Trinajstić information content (AvgIpc) is 3.25. The third-order valence-electron chi connectivity index (χ3n) is 3.66. The maximum atomic E-state index is 12.2. The van der Waals surface area contributed by atoms with Crippen LogP contribution in [0, 0.1) is 0 Å². The summed E-state index contributed by atoms with van der Waals surface area (Å²) in [4.78, 5) is 46.4. The number of cyclic esters (lactones) is 2. The Bertz CT molecular complexity index is 674. The Labute approximate surface area is 147 Å². The summed E-state index contributed by atoms with van der Waals surface area (Å²) in [5, 5.41) is 4.88. The van der Waals surface area contributed by atoms with Gasteiger partial charge in [0.2, 0.25) is 0 Å². The number of amides is 2. The van der Waals surface area contributed by atoms with E-state index in [9.17, 15) is 19.2 Å². The highest BCUT2D eigenvalue weighted by Crippen LogP contribution is 2.14. The quantitative estimate of drug-likeness (QED) is 0.542. The van der Waals surface area contributed by atoms with Crippen molar-refractivity contribution in [3.63, 3.8) is 0 Å². The van der Waals surface area contributed by atoms with E-state index in [1.807, 2.05) is 0 Å². The van der Waals surface area contributed by atoms with E-state index in [4.69, 9.17) is 18.9 Å². The van der Waals surface area contributed by atoms with Gasteiger partial charge in [-0.3, -0.25) is 0 Å². The van der Waals surface area contributed by atoms with E-state index >= 15 is 0 Å². The van der Waals surface area contributed by atoms with Crippen LogP contribution in [0.2, 0.25) is 0 Å². The molecule has 0 aliphatic carbocycles. The van der Waals surface area contributed by atoms with E-state index in [-0.39, 0.29) is 37.4 Å². The molecule has 2 saturated heterocycles. The van der Waals surface area contributed by atoms with Crippen molar-refractivity contribution in [2.45, 2.75) is 12.2 Å². The molecule has 2 aliphatic rings. The largest absolute Gasteiger partial charge is 0.458 e. The number of nitrogens with one attached hydrogen (secondary N) is 2. The van der Waals surface area contributed by atoms with Crippen molar-refractivity contribution in [3.8, 4) is 0 Å². The second-order valence-electron chi connectivity index (χ2n) is 5.56. The molecule has 0 saturated carbocycles. The Balaban J connectivity index is 1.57. The van der Waals surface area contributed by atoms with E-state index in [1.165, 1.54) is 12.1 Å². The van der Waals surface area contributed by atoms with Gasteiger partial charge in [0.15, 0.2) is 12.2 Å². The van der Waals surface area contributed by atoms with Crippen LogP contribution in [0.5, 0.6) is 0 Å². The van der Waals surface area contributed by atoms with Crippen LogP contribution in [0.3, 0.4) is 0 Å². The molecule has 0 spiro atoms. The molecule has 26 heavy (non-hydrogen) atoms. The smallest absolute Gasteiger partial charge is 0.407 e. The molecule has 0 aromatic heterocycles. The molecule has 2 fully saturated rings. The number of hydrogen-bond acceptors (Lipinski definition) is 8. The highest BCUT2D eigenvalue weighted by Gasteiger charge is 2.27. The molecular weight excluding hydrogens is 348 g/mol. The number of alkyl carbamates (subject to hydrolysis) is 2. The Morgan fingerprint density at radius 1 is 0.885 bits per heavy atom. The first-order valence-corrected chi connectivity index (χ1v) is 7.85. The first kappa shape index (κ1) is 17.5. The van der Waals surface area contributed by atoms with Gasteiger partial charge in [-0.2, -0.15) is 0 Å². The molecule has 2 heterocycles. The summed E-state index contributed by atoms with van der Waals surface area (Å²) >= 11 is 0. The number of carbonyl (C=O) groups excluding carboxylic acids is 4. The fourth-order valence-corrected chi connectivity index (χ4v) is 2.38. The van der Waals surface area contributed by atoms with Gasteiger partial charge in [0.05, 0.1) is 24.2 Å². The summed E-state index contributed by atoms with van der Waals surface area (Å²) in [5.41, 5.74) is 0.0487. The van der Waals surface area contributed by atoms with Gasteiger partial charge >= 0.3 is 24.1 Å². The van der Waals surface area contributed by atoms with Crippen molar-refractivity contribution in [2.75, 3.05) is 26.3 Å². The lowest BCUT2D eigenvalue weighted by atomic mass is 10.1. The number of carbonyl (C=O) groups is 4. The van der Waals surface area contributed by atoms with E-state index in [1.54, 1.807) is 12.1 Å². The van der Waals surface area contributed by atoms with Crippen molar-refractivity contribution >= 4 is 24.1 Å². The molecule has 2 unspecified atom stereocenters. The van der Waals surface area contributed by atoms with Crippen LogP contribution in [0.1, 0.15) is 20.7 Å². The third-order valence-corrected chi connectivity index (χ3v) is 3.66. The van der Waals surface area contributed by atoms with E-state index in [0.29, 0.717) is 0 Å². The standard InChI is InChI=1S/C16H16N2O8/c19-13(23-7-9-5-17-15(21)25-9)11-3-1-2-4-12(11)14(20)24-8-10-6-18-16(22)26-10/h1-4,9-10H,5-8H2,(H,17,21)(H,18,22). The summed E-state index contributed by atoms with van der Waals surface area (Å²) in [7, 11) is 0. The van der Waals surface area contributed by atoms with Gasteiger partial charge in [-0.1, -0.05) is 12.1 Å². The second kappa shape index (κ2) is 7.72. The predicted molar refractivity (Wildman–Crippen MR) is 83.6 cm³/mol. The third kappa shape index (κ3) is 4.21. The van der Waals surface area contributed by atoms with Gasteiger partial charge in [-0.05, 0) is 12.1 Å². The van der Waals surface area contributed by atoms with Crippen molar-refractivity contribution in [2.24, 2.45) is 0 Å². The first-order chi connectivity index (χ1) is 12.5. The highest BCUT2D eigenvalue weighted by atomic mass is 16.6. The van der Waals surface area contributed by atoms with Crippen LogP contribution in [0.15, 0.2) is 24.3 Å². The first-order valence-electron chi connectivity index (χ1n) is 7.85. The molecule has 1 aromatic rings. The number of rotatable bonds is 6. The fourth-order valence-electron chi connectivity index (χ4n) is 2.38. The summed E-state index contributed by atoms with van der Waals surface area (Å²) in [6, 6.07) is 6.00. The van der Waals surface area contributed by atoms with Crippen LogP contribution in [0.25, 0.3) is 0 Å². The van der Waals surface area contributed by atoms with Crippen LogP contribution in [0.4, 0.5) is 9.59 Å². The molecule has 10 heteroatoms. The molecule has 10 nitrogen and oxygen atoms in total. The van der Waals surface area contributed by atoms with E-state index < -0.39 is 36.3 Å². The number of hydrogen-bond donors (Lipinski definition) is 2. The molecule has 2 aliphatic heterocycles. The Morgan fingerprint density at radius 2 is 1.31 bits per heavy atom. The zero-order chi connectivity index (χ0) is 18.5. The van der Waals surface area contributed by atoms with Crippen LogP contribution < -0.4 is 10.6 Å². The van der Waals surface area contributed by atoms with Gasteiger partial charge in [0, 0.05) is 0 Å². The molecule has 0 bridgehead atoms. The zero-order valence-corrected chi connectivity index (χ0v) is 13.6. The molecule has 1 aromatic carbocycles. The minimum Gasteiger partial charge on any atom is -0.458 e. The summed E-state index contributed by atoms with van der Waals surface area (Å²) in [6.07, 6.45) is -2.29. The van der Waals surface area contributed by atoms with Crippen LogP contribution in [-0.4, -0.2) is 62.6 Å². The fraction of sp³-hybridized carbons (Fsp3) is 0.375. The average molecular weight is 364 g/mol. The SMILES string of the molecule is O=C1NCC(COC(=O)c2ccccc2C(=O)OCC2CNC(=O)O2)O1. The molecule has 0 radical (unpaired) electrons. The van der Waals surface area contributed by atoms with E-state index in [0.717, 1.165) is 0 Å². The predicted octanol–water partition coefficient (Wildman–Crippen LogP) is 0.217. The lowest BCUT2D eigenvalue weighted by Gasteiger charge is -2.12. The normalized spacial score (nSPS) is 21.2. The highest BCUT2D eigenvalue weighted by molar-refractivity contribution is 6.03. The maximum absolute atomic E-state index is 12.2. The molecule has 2 amide bonds. The number of benzene rings is 1. The minimum atomic E-state index is -0.741. The van der Waals surface area contributed by atoms with Crippen LogP contribution >= 0.6 is 0 Å². The van der Waals surface area contributed by atoms with Gasteiger partial charge in [0.1, 0.15) is 13.2 Å². The lowest BCUT2D eigenvalue weighted by molar-refractivity contribution is 0.0263. The summed E-state index contributed by atoms with van der Waals surface area (Å²) in [5.74, 6) is -1.48. The Morgan fingerprint density at radius 3 is 1.65 bits per heavy atom. The monoisotopic (exact) mass is 364 g/mol. The second-order valence-corrected chi connectivity index (χ2v) is 5.56. The molecular formula is C16H16N2O8. The minimum absolute atomic E-state index is 0.0244. The molecule has 138 valence electrons. The van der Waals surface area contributed by atoms with Crippen molar-refractivity contribution in [3.05, 3.63) is 35.4 Å². The molecule has 3 rings (SSSR count). The zero-order valence-electron chi connectivity index (χ0n) is 13.6. The van der Waals surface area contributed by atoms with Gasteiger partial charge in [-0.25, -0.2) is 19.2 Å².